The molecule has 0 aliphatic carbocycles. The lowest BCUT2D eigenvalue weighted by Gasteiger charge is -2.36. The van der Waals surface area contributed by atoms with Crippen molar-refractivity contribution in [1.82, 2.24) is 0 Å². The average Bonchev–Trinajstić information content (AvgIpc) is 2.40. The summed E-state index contributed by atoms with van der Waals surface area (Å²) >= 11 is 0. The smallest absolute Gasteiger partial charge is 0.207 e. The lowest BCUT2D eigenvalue weighted by atomic mass is 9.96. The Balaban J connectivity index is 5.31. The van der Waals surface area contributed by atoms with Gasteiger partial charge in [-0.05, 0) is 24.7 Å². The highest BCUT2D eigenvalue weighted by atomic mass is 31.2. The summed E-state index contributed by atoms with van der Waals surface area (Å²) in [6.07, 6.45) is 5.71. The van der Waals surface area contributed by atoms with Gasteiger partial charge in [0.15, 0.2) is 0 Å². The molecule has 0 aromatic heterocycles. The van der Waals surface area contributed by atoms with E-state index in [2.05, 4.69) is 41.5 Å². The Labute approximate surface area is 120 Å². The first-order chi connectivity index (χ1) is 8.94. The molecule has 0 rings (SSSR count). The summed E-state index contributed by atoms with van der Waals surface area (Å²) in [6.45, 7) is 12.7. The van der Waals surface area contributed by atoms with Gasteiger partial charge in [0, 0.05) is 11.3 Å². The molecule has 0 saturated carbocycles. The summed E-state index contributed by atoms with van der Waals surface area (Å²) in [5.41, 5.74) is -0.0129. The van der Waals surface area contributed by atoms with Crippen molar-refractivity contribution in [3.8, 4) is 0 Å². The fourth-order valence-corrected chi connectivity index (χ4v) is 7.30. The third-order valence-corrected chi connectivity index (χ3v) is 8.45. The molecule has 2 nitrogen and oxygen atoms in total. The first-order valence-corrected chi connectivity index (χ1v) is 10.1. The summed E-state index contributed by atoms with van der Waals surface area (Å²) in [5.74, 6) is 0.786. The first kappa shape index (κ1) is 19.2. The third kappa shape index (κ3) is 4.60. The molecule has 0 saturated heterocycles. The van der Waals surface area contributed by atoms with E-state index in [1.165, 1.54) is 0 Å². The third-order valence-electron chi connectivity index (χ3n) is 4.97. The molecule has 116 valence electrons. The van der Waals surface area contributed by atoms with E-state index in [9.17, 15) is 9.46 Å². The van der Waals surface area contributed by atoms with E-state index >= 15 is 0 Å². The SMILES string of the molecule is CCC(CC)C(CC)P(=O)(O)C(CC)C(CC)CC. The maximum Gasteiger partial charge on any atom is 0.207 e. The highest BCUT2D eigenvalue weighted by Gasteiger charge is 2.42. The van der Waals surface area contributed by atoms with Gasteiger partial charge in [-0.25, -0.2) is 0 Å². The van der Waals surface area contributed by atoms with Crippen LogP contribution < -0.4 is 0 Å². The lowest BCUT2D eigenvalue weighted by Crippen LogP contribution is -2.29. The largest absolute Gasteiger partial charge is 0.344 e. The van der Waals surface area contributed by atoms with Crippen LogP contribution in [0.3, 0.4) is 0 Å². The summed E-state index contributed by atoms with van der Waals surface area (Å²) in [7, 11) is -3.09. The summed E-state index contributed by atoms with van der Waals surface area (Å²) < 4.78 is 13.2. The van der Waals surface area contributed by atoms with Crippen molar-refractivity contribution in [2.24, 2.45) is 11.8 Å². The average molecular weight is 290 g/mol. The predicted molar refractivity (Wildman–Crippen MR) is 86.1 cm³/mol. The van der Waals surface area contributed by atoms with Crippen LogP contribution in [0.2, 0.25) is 0 Å². The van der Waals surface area contributed by atoms with Gasteiger partial charge in [-0.2, -0.15) is 0 Å². The van der Waals surface area contributed by atoms with Crippen molar-refractivity contribution in [2.75, 3.05) is 0 Å². The van der Waals surface area contributed by atoms with Crippen LogP contribution in [0.5, 0.6) is 0 Å². The number of hydrogen-bond donors (Lipinski definition) is 1. The molecule has 1 N–H and O–H groups in total. The maximum absolute atomic E-state index is 13.2. The molecule has 0 aromatic carbocycles. The Morgan fingerprint density at radius 2 is 0.947 bits per heavy atom. The van der Waals surface area contributed by atoms with E-state index in [4.69, 9.17) is 0 Å². The molecule has 0 spiro atoms. The van der Waals surface area contributed by atoms with Crippen molar-refractivity contribution in [3.63, 3.8) is 0 Å². The standard InChI is InChI=1S/C16H35O2P/c1-7-13(8-2)15(11-5)19(17,18)16(12-6)14(9-3)10-4/h13-16H,7-12H2,1-6H3,(H,17,18). The zero-order chi connectivity index (χ0) is 15.1. The number of hydrogen-bond acceptors (Lipinski definition) is 1. The monoisotopic (exact) mass is 290 g/mol. The normalized spacial score (nSPS) is 18.6. The molecule has 0 fully saturated rings. The Bertz CT molecular complexity index is 246. The molecule has 3 heteroatoms. The van der Waals surface area contributed by atoms with E-state index in [0.29, 0.717) is 11.8 Å². The van der Waals surface area contributed by atoms with Crippen molar-refractivity contribution < 1.29 is 9.46 Å². The number of rotatable bonds is 10. The quantitative estimate of drug-likeness (QED) is 0.525. The van der Waals surface area contributed by atoms with Gasteiger partial charge in [-0.15, -0.1) is 0 Å². The molecule has 0 heterocycles. The van der Waals surface area contributed by atoms with Crippen LogP contribution in [0.25, 0.3) is 0 Å². The molecular weight excluding hydrogens is 255 g/mol. The van der Waals surface area contributed by atoms with Crippen LogP contribution in [0.4, 0.5) is 0 Å². The van der Waals surface area contributed by atoms with Gasteiger partial charge in [-0.3, -0.25) is 4.57 Å². The minimum atomic E-state index is -3.09. The minimum absolute atomic E-state index is 0.00644. The fourth-order valence-electron chi connectivity index (χ4n) is 3.71. The highest BCUT2D eigenvalue weighted by molar-refractivity contribution is 7.59. The Kier molecular flexibility index (Phi) is 9.28. The van der Waals surface area contributed by atoms with Gasteiger partial charge in [0.05, 0.1) is 0 Å². The van der Waals surface area contributed by atoms with Gasteiger partial charge < -0.3 is 4.89 Å². The van der Waals surface area contributed by atoms with E-state index < -0.39 is 7.37 Å². The molecule has 0 aromatic rings. The Morgan fingerprint density at radius 1 is 0.684 bits per heavy atom. The second-order valence-corrected chi connectivity index (χ2v) is 8.45. The van der Waals surface area contributed by atoms with E-state index in [1.807, 2.05) is 0 Å². The fraction of sp³-hybridized carbons (Fsp3) is 1.00. The van der Waals surface area contributed by atoms with E-state index in [-0.39, 0.29) is 11.3 Å². The van der Waals surface area contributed by atoms with Crippen molar-refractivity contribution in [2.45, 2.75) is 91.4 Å². The van der Waals surface area contributed by atoms with Crippen LogP contribution in [-0.4, -0.2) is 16.2 Å². The second-order valence-electron chi connectivity index (χ2n) is 5.78. The molecule has 0 aliphatic heterocycles. The van der Waals surface area contributed by atoms with Gasteiger partial charge >= 0.3 is 0 Å². The molecule has 2 unspecified atom stereocenters. The Morgan fingerprint density at radius 3 is 1.11 bits per heavy atom. The van der Waals surface area contributed by atoms with Gasteiger partial charge in [0.2, 0.25) is 7.37 Å². The second kappa shape index (κ2) is 9.19. The van der Waals surface area contributed by atoms with Crippen molar-refractivity contribution >= 4 is 7.37 Å². The predicted octanol–water partition coefficient (Wildman–Crippen LogP) is 5.69. The van der Waals surface area contributed by atoms with Gasteiger partial charge in [-0.1, -0.05) is 67.2 Å². The zero-order valence-corrected chi connectivity index (χ0v) is 14.7. The lowest BCUT2D eigenvalue weighted by molar-refractivity contribution is 0.352. The zero-order valence-electron chi connectivity index (χ0n) is 13.9. The maximum atomic E-state index is 13.2. The van der Waals surface area contributed by atoms with Crippen LogP contribution in [0.15, 0.2) is 0 Å². The molecule has 0 amide bonds. The van der Waals surface area contributed by atoms with E-state index in [0.717, 1.165) is 38.5 Å². The first-order valence-electron chi connectivity index (χ1n) is 8.26. The minimum Gasteiger partial charge on any atom is -0.344 e. The summed E-state index contributed by atoms with van der Waals surface area (Å²) in [6, 6.07) is 0. The van der Waals surface area contributed by atoms with Crippen LogP contribution in [0.1, 0.15) is 80.1 Å². The van der Waals surface area contributed by atoms with Crippen molar-refractivity contribution in [3.05, 3.63) is 0 Å². The highest BCUT2D eigenvalue weighted by Crippen LogP contribution is 2.60. The van der Waals surface area contributed by atoms with Crippen LogP contribution in [0, 0.1) is 11.8 Å². The molecule has 2 atom stereocenters. The van der Waals surface area contributed by atoms with Crippen LogP contribution >= 0.6 is 7.37 Å². The van der Waals surface area contributed by atoms with Crippen LogP contribution in [-0.2, 0) is 4.57 Å². The molecule has 0 radical (unpaired) electrons. The van der Waals surface area contributed by atoms with Crippen molar-refractivity contribution in [1.29, 1.82) is 0 Å². The molecule has 0 aliphatic rings. The van der Waals surface area contributed by atoms with Gasteiger partial charge in [0.25, 0.3) is 0 Å². The molecule has 19 heavy (non-hydrogen) atoms. The topological polar surface area (TPSA) is 37.3 Å². The molecule has 0 bridgehead atoms. The van der Waals surface area contributed by atoms with Gasteiger partial charge in [0.1, 0.15) is 0 Å². The Hall–Kier alpha value is 0.190. The van der Waals surface area contributed by atoms with E-state index in [1.54, 1.807) is 0 Å². The summed E-state index contributed by atoms with van der Waals surface area (Å²) in [4.78, 5) is 10.9. The molecular formula is C16H35O2P. The summed E-state index contributed by atoms with van der Waals surface area (Å²) in [5, 5.41) is 0.